The number of carboxylic acids is 1. The number of imide groups is 1. The number of thiol groups is 1. The van der Waals surface area contributed by atoms with Gasteiger partial charge in [0.25, 0.3) is 11.8 Å². The molecule has 0 aromatic heterocycles. The fourth-order valence-corrected chi connectivity index (χ4v) is 2.15. The van der Waals surface area contributed by atoms with E-state index in [2.05, 4.69) is 17.9 Å². The Morgan fingerprint density at radius 3 is 2.13 bits per heavy atom. The molecule has 1 rings (SSSR count). The van der Waals surface area contributed by atoms with Crippen LogP contribution in [-0.4, -0.2) is 50.4 Å². The minimum absolute atomic E-state index is 0.177. The third-order valence-electron chi connectivity index (χ3n) is 2.93. The van der Waals surface area contributed by atoms with Crippen LogP contribution in [0.1, 0.15) is 34.1 Å². The van der Waals surface area contributed by atoms with Gasteiger partial charge in [0.05, 0.1) is 0 Å². The quantitative estimate of drug-likeness (QED) is 0.375. The van der Waals surface area contributed by atoms with Crippen LogP contribution in [0.3, 0.4) is 0 Å². The monoisotopic (exact) mass is 344 g/mol. The predicted octanol–water partition coefficient (Wildman–Crippen LogP) is 0.925. The number of hydrogen-bond acceptors (Lipinski definition) is 6. The minimum atomic E-state index is -1.40. The Morgan fingerprint density at radius 1 is 1.26 bits per heavy atom. The first-order chi connectivity index (χ1) is 10.3. The number of alkyl carbamates (subject to hydrolysis) is 1. The molecule has 1 unspecified atom stereocenters. The lowest BCUT2D eigenvalue weighted by Crippen LogP contribution is -2.53. The maximum absolute atomic E-state index is 11.8. The zero-order valence-corrected chi connectivity index (χ0v) is 14.2. The van der Waals surface area contributed by atoms with Crippen molar-refractivity contribution in [2.75, 3.05) is 0 Å². The van der Waals surface area contributed by atoms with Crippen molar-refractivity contribution in [3.8, 4) is 0 Å². The van der Waals surface area contributed by atoms with Gasteiger partial charge in [-0.2, -0.15) is 0 Å². The highest BCUT2D eigenvalue weighted by atomic mass is 32.1. The van der Waals surface area contributed by atoms with E-state index >= 15 is 0 Å². The lowest BCUT2D eigenvalue weighted by Gasteiger charge is -2.33. The first-order valence-corrected chi connectivity index (χ1v) is 7.29. The molecule has 128 valence electrons. The second kappa shape index (κ2) is 6.61. The van der Waals surface area contributed by atoms with Crippen molar-refractivity contribution in [3.05, 3.63) is 12.2 Å². The van der Waals surface area contributed by atoms with Crippen LogP contribution in [0.25, 0.3) is 0 Å². The molecule has 0 fully saturated rings. The maximum Gasteiger partial charge on any atom is 0.408 e. The molecule has 1 atom stereocenters. The molecule has 0 bridgehead atoms. The molecule has 0 aromatic rings. The van der Waals surface area contributed by atoms with Gasteiger partial charge in [-0.05, 0) is 27.7 Å². The summed E-state index contributed by atoms with van der Waals surface area (Å²) in [5, 5.41) is 11.8. The minimum Gasteiger partial charge on any atom is -0.480 e. The van der Waals surface area contributed by atoms with Crippen LogP contribution in [0.15, 0.2) is 12.2 Å². The Bertz CT molecular complexity index is 546. The van der Waals surface area contributed by atoms with Gasteiger partial charge in [-0.3, -0.25) is 14.5 Å². The molecule has 8 nitrogen and oxygen atoms in total. The smallest absolute Gasteiger partial charge is 0.408 e. The molecule has 3 amide bonds. The summed E-state index contributed by atoms with van der Waals surface area (Å²) in [6.07, 6.45) is 1.06. The van der Waals surface area contributed by atoms with Crippen LogP contribution >= 0.6 is 12.6 Å². The Morgan fingerprint density at radius 2 is 1.74 bits per heavy atom. The lowest BCUT2D eigenvalue weighted by molar-refractivity contribution is -0.154. The van der Waals surface area contributed by atoms with E-state index < -0.39 is 40.4 Å². The van der Waals surface area contributed by atoms with E-state index in [-0.39, 0.29) is 6.42 Å². The summed E-state index contributed by atoms with van der Waals surface area (Å²) in [5.74, 6) is -2.73. The lowest BCUT2D eigenvalue weighted by atomic mass is 9.94. The first-order valence-electron chi connectivity index (χ1n) is 6.84. The largest absolute Gasteiger partial charge is 0.480 e. The summed E-state index contributed by atoms with van der Waals surface area (Å²) < 4.78 is 4.99. The predicted molar refractivity (Wildman–Crippen MR) is 83.8 cm³/mol. The van der Waals surface area contributed by atoms with Gasteiger partial charge in [-0.1, -0.05) is 0 Å². The number of nitrogens with zero attached hydrogens (tertiary/aromatic N) is 1. The van der Waals surface area contributed by atoms with Crippen LogP contribution < -0.4 is 5.32 Å². The van der Waals surface area contributed by atoms with Crippen molar-refractivity contribution in [2.24, 2.45) is 0 Å². The second-order valence-corrected chi connectivity index (χ2v) is 7.36. The molecule has 0 spiro atoms. The summed E-state index contributed by atoms with van der Waals surface area (Å²) in [7, 11) is 0. The first kappa shape index (κ1) is 19.0. The highest BCUT2D eigenvalue weighted by molar-refractivity contribution is 7.81. The van der Waals surface area contributed by atoms with Crippen molar-refractivity contribution in [2.45, 2.75) is 50.6 Å². The Hall–Kier alpha value is -2.03. The van der Waals surface area contributed by atoms with Crippen molar-refractivity contribution in [3.63, 3.8) is 0 Å². The van der Waals surface area contributed by atoms with Crippen molar-refractivity contribution in [1.82, 2.24) is 10.2 Å². The molecule has 0 aromatic carbocycles. The molecule has 1 aliphatic rings. The molecule has 2 N–H and O–H groups in total. The second-order valence-electron chi connectivity index (χ2n) is 6.28. The number of nitrogens with one attached hydrogen (secondary N) is 1. The molecular weight excluding hydrogens is 324 g/mol. The molecular formula is C14H20N2O6S. The van der Waals surface area contributed by atoms with Crippen LogP contribution in [0.5, 0.6) is 0 Å². The average molecular weight is 344 g/mol. The van der Waals surface area contributed by atoms with Gasteiger partial charge in [0.15, 0.2) is 4.93 Å². The summed E-state index contributed by atoms with van der Waals surface area (Å²) >= 11 is 4.06. The standard InChI is InChI=1S/C14H20N2O6S/c1-13(2,15-12(21)22-14(3,4)23)7-8(11(19)20)16-9(17)5-6-10(16)18/h5-6,8,23H,7H2,1-4H3,(H,15,21)(H,19,20). The Balaban J connectivity index is 2.83. The molecule has 0 aliphatic carbocycles. The van der Waals surface area contributed by atoms with Crippen molar-refractivity contribution < 1.29 is 29.0 Å². The van der Waals surface area contributed by atoms with Crippen molar-refractivity contribution in [1.29, 1.82) is 0 Å². The molecule has 1 heterocycles. The van der Waals surface area contributed by atoms with Crippen molar-refractivity contribution >= 4 is 36.5 Å². The Labute approximate surface area is 139 Å². The van der Waals surface area contributed by atoms with Gasteiger partial charge in [0.2, 0.25) is 0 Å². The molecule has 0 radical (unpaired) electrons. The van der Waals surface area contributed by atoms with Gasteiger partial charge in [-0.25, -0.2) is 9.59 Å². The number of carbonyl (C=O) groups is 4. The number of carboxylic acid groups (broad SMARTS) is 1. The van der Waals surface area contributed by atoms with E-state index in [1.165, 1.54) is 0 Å². The maximum atomic E-state index is 11.8. The van der Waals surface area contributed by atoms with Gasteiger partial charge in [0.1, 0.15) is 6.04 Å². The van der Waals surface area contributed by atoms with Crippen LogP contribution in [-0.2, 0) is 19.1 Å². The van der Waals surface area contributed by atoms with E-state index in [9.17, 15) is 24.3 Å². The third kappa shape index (κ3) is 5.59. The summed E-state index contributed by atoms with van der Waals surface area (Å²) in [6.45, 7) is 6.26. The fraction of sp³-hybridized carbons (Fsp3) is 0.571. The van der Waals surface area contributed by atoms with E-state index in [1.807, 2.05) is 0 Å². The van der Waals surface area contributed by atoms with E-state index in [0.717, 1.165) is 12.2 Å². The molecule has 1 aliphatic heterocycles. The van der Waals surface area contributed by atoms with Gasteiger partial charge < -0.3 is 15.2 Å². The van der Waals surface area contributed by atoms with Crippen LogP contribution in [0, 0.1) is 0 Å². The SMILES string of the molecule is CC(C)(CC(C(=O)O)N1C(=O)C=CC1=O)NC(=O)OC(C)(C)S. The number of carbonyl (C=O) groups excluding carboxylic acids is 3. The summed E-state index contributed by atoms with van der Waals surface area (Å²) in [5.41, 5.74) is -1.04. The summed E-state index contributed by atoms with van der Waals surface area (Å²) in [6, 6.07) is -1.40. The number of ether oxygens (including phenoxy) is 1. The van der Waals surface area contributed by atoms with E-state index in [0.29, 0.717) is 4.90 Å². The van der Waals surface area contributed by atoms with E-state index in [4.69, 9.17) is 4.74 Å². The zero-order chi connectivity index (χ0) is 18.0. The molecule has 9 heteroatoms. The molecule has 0 saturated carbocycles. The normalized spacial score (nSPS) is 16.5. The number of aliphatic carboxylic acids is 1. The molecule has 23 heavy (non-hydrogen) atoms. The number of hydrogen-bond donors (Lipinski definition) is 3. The van der Waals surface area contributed by atoms with Gasteiger partial charge in [-0.15, -0.1) is 12.6 Å². The fourth-order valence-electron chi connectivity index (χ4n) is 2.07. The van der Waals surface area contributed by atoms with Gasteiger partial charge >= 0.3 is 12.1 Å². The topological polar surface area (TPSA) is 113 Å². The molecule has 0 saturated heterocycles. The number of amides is 3. The highest BCUT2D eigenvalue weighted by Crippen LogP contribution is 2.21. The zero-order valence-electron chi connectivity index (χ0n) is 13.3. The van der Waals surface area contributed by atoms with E-state index in [1.54, 1.807) is 27.7 Å². The highest BCUT2D eigenvalue weighted by Gasteiger charge is 2.40. The van der Waals surface area contributed by atoms with Gasteiger partial charge in [0, 0.05) is 24.1 Å². The Kier molecular flexibility index (Phi) is 5.47. The van der Waals surface area contributed by atoms with Crippen LogP contribution in [0.2, 0.25) is 0 Å². The van der Waals surface area contributed by atoms with Crippen LogP contribution in [0.4, 0.5) is 4.79 Å². The summed E-state index contributed by atoms with van der Waals surface area (Å²) in [4.78, 5) is 46.2. The third-order valence-corrected chi connectivity index (χ3v) is 3.02. The number of rotatable bonds is 6. The average Bonchev–Trinajstić information content (AvgIpc) is 2.62.